The molecule has 0 aliphatic rings. The number of ether oxygens (including phenoxy) is 2. The zero-order chi connectivity index (χ0) is 20.6. The predicted octanol–water partition coefficient (Wildman–Crippen LogP) is 4.06. The zero-order valence-corrected chi connectivity index (χ0v) is 16.7. The highest BCUT2D eigenvalue weighted by atomic mass is 16.5. The quantitative estimate of drug-likeness (QED) is 0.601. The van der Waals surface area contributed by atoms with Crippen LogP contribution >= 0.6 is 0 Å². The third-order valence-electron chi connectivity index (χ3n) is 4.28. The molecular formula is C22H24N4O3. The topological polar surface area (TPSA) is 85.4 Å². The summed E-state index contributed by atoms with van der Waals surface area (Å²) in [4.78, 5) is 21.2. The fourth-order valence-electron chi connectivity index (χ4n) is 2.80. The normalized spacial score (nSPS) is 10.3. The minimum atomic E-state index is -0.261. The molecule has 0 aliphatic carbocycles. The van der Waals surface area contributed by atoms with Crippen molar-refractivity contribution in [1.29, 1.82) is 0 Å². The predicted molar refractivity (Wildman–Crippen MR) is 113 cm³/mol. The minimum absolute atomic E-state index is 0.261. The van der Waals surface area contributed by atoms with Crippen molar-refractivity contribution in [2.45, 2.75) is 20.4 Å². The highest BCUT2D eigenvalue weighted by molar-refractivity contribution is 6.04. The summed E-state index contributed by atoms with van der Waals surface area (Å²) in [6.45, 7) is 4.82. The number of hydrogen-bond donors (Lipinski definition) is 2. The van der Waals surface area contributed by atoms with Gasteiger partial charge in [-0.05, 0) is 44.2 Å². The Labute approximate surface area is 170 Å². The summed E-state index contributed by atoms with van der Waals surface area (Å²) < 4.78 is 10.7. The average molecular weight is 392 g/mol. The molecule has 7 heteroatoms. The van der Waals surface area contributed by atoms with Crippen LogP contribution in [0.25, 0.3) is 0 Å². The Kier molecular flexibility index (Phi) is 6.63. The van der Waals surface area contributed by atoms with Crippen LogP contribution in [0.1, 0.15) is 28.5 Å². The number of nitrogens with one attached hydrogen (secondary N) is 2. The molecule has 1 heterocycles. The minimum Gasteiger partial charge on any atom is -0.496 e. The molecule has 0 bridgehead atoms. The van der Waals surface area contributed by atoms with Crippen LogP contribution < -0.4 is 20.1 Å². The van der Waals surface area contributed by atoms with Gasteiger partial charge in [-0.1, -0.05) is 18.2 Å². The van der Waals surface area contributed by atoms with E-state index in [1.54, 1.807) is 26.2 Å². The van der Waals surface area contributed by atoms with Crippen molar-refractivity contribution in [2.24, 2.45) is 0 Å². The number of para-hydroxylation sites is 1. The summed E-state index contributed by atoms with van der Waals surface area (Å²) in [5.74, 6) is 1.74. The summed E-state index contributed by atoms with van der Waals surface area (Å²) in [7, 11) is 1.64. The first-order valence-electron chi connectivity index (χ1n) is 9.34. The van der Waals surface area contributed by atoms with Gasteiger partial charge in [-0.3, -0.25) is 4.79 Å². The van der Waals surface area contributed by atoms with Gasteiger partial charge in [0.05, 0.1) is 25.0 Å². The van der Waals surface area contributed by atoms with Crippen LogP contribution in [0, 0.1) is 6.92 Å². The van der Waals surface area contributed by atoms with E-state index in [0.29, 0.717) is 36.0 Å². The number of carbonyl (C=O) groups is 1. The number of nitrogens with zero attached hydrogens (tertiary/aromatic N) is 2. The van der Waals surface area contributed by atoms with Crippen LogP contribution in [0.5, 0.6) is 11.5 Å². The first-order valence-corrected chi connectivity index (χ1v) is 9.34. The Morgan fingerprint density at radius 1 is 1.10 bits per heavy atom. The molecule has 0 saturated carbocycles. The summed E-state index contributed by atoms with van der Waals surface area (Å²) in [5.41, 5.74) is 2.68. The largest absolute Gasteiger partial charge is 0.496 e. The van der Waals surface area contributed by atoms with E-state index < -0.39 is 0 Å². The number of anilines is 2. The molecule has 2 N–H and O–H groups in total. The summed E-state index contributed by atoms with van der Waals surface area (Å²) in [6, 6.07) is 14.9. The molecule has 2 aromatic carbocycles. The van der Waals surface area contributed by atoms with Crippen molar-refractivity contribution in [3.05, 3.63) is 71.5 Å². The number of benzene rings is 2. The van der Waals surface area contributed by atoms with Crippen molar-refractivity contribution in [3.8, 4) is 11.5 Å². The monoisotopic (exact) mass is 392 g/mol. The standard InChI is InChI=1S/C22H24N4O3/c1-4-29-18-11-9-17(10-12-18)26-21(27)19-14-24-22(25-15(19)2)23-13-16-7-5-6-8-20(16)28-3/h5-12,14H,4,13H2,1-3H3,(H,26,27)(H,23,24,25). The van der Waals surface area contributed by atoms with E-state index in [2.05, 4.69) is 20.6 Å². The molecule has 0 radical (unpaired) electrons. The smallest absolute Gasteiger partial charge is 0.259 e. The number of aromatic nitrogens is 2. The average Bonchev–Trinajstić information content (AvgIpc) is 2.74. The zero-order valence-electron chi connectivity index (χ0n) is 16.7. The number of amides is 1. The van der Waals surface area contributed by atoms with Gasteiger partial charge in [-0.25, -0.2) is 9.97 Å². The van der Waals surface area contributed by atoms with Gasteiger partial charge in [-0.2, -0.15) is 0 Å². The van der Waals surface area contributed by atoms with Gasteiger partial charge in [0.25, 0.3) is 5.91 Å². The molecule has 3 aromatic rings. The Morgan fingerprint density at radius 2 is 1.86 bits per heavy atom. The molecular weight excluding hydrogens is 368 g/mol. The van der Waals surface area contributed by atoms with Gasteiger partial charge in [0.15, 0.2) is 0 Å². The van der Waals surface area contributed by atoms with Crippen LogP contribution in [0.15, 0.2) is 54.7 Å². The molecule has 1 aromatic heterocycles. The van der Waals surface area contributed by atoms with E-state index in [1.807, 2.05) is 43.3 Å². The van der Waals surface area contributed by atoms with Crippen molar-refractivity contribution < 1.29 is 14.3 Å². The summed E-state index contributed by atoms with van der Waals surface area (Å²) >= 11 is 0. The molecule has 1 amide bonds. The molecule has 0 saturated heterocycles. The van der Waals surface area contributed by atoms with Gasteiger partial charge in [0, 0.05) is 24.0 Å². The third kappa shape index (κ3) is 5.22. The molecule has 7 nitrogen and oxygen atoms in total. The molecule has 0 unspecified atom stereocenters. The van der Waals surface area contributed by atoms with E-state index in [-0.39, 0.29) is 5.91 Å². The lowest BCUT2D eigenvalue weighted by molar-refractivity contribution is 0.102. The Balaban J connectivity index is 1.64. The molecule has 3 rings (SSSR count). The molecule has 0 spiro atoms. The number of methoxy groups -OCH3 is 1. The van der Waals surface area contributed by atoms with E-state index in [4.69, 9.17) is 9.47 Å². The maximum Gasteiger partial charge on any atom is 0.259 e. The van der Waals surface area contributed by atoms with Crippen LogP contribution in [-0.4, -0.2) is 29.6 Å². The van der Waals surface area contributed by atoms with Crippen molar-refractivity contribution in [3.63, 3.8) is 0 Å². The molecule has 0 fully saturated rings. The highest BCUT2D eigenvalue weighted by Crippen LogP contribution is 2.19. The van der Waals surface area contributed by atoms with E-state index in [1.165, 1.54) is 6.20 Å². The Bertz CT molecular complexity index is 974. The number of rotatable bonds is 8. The van der Waals surface area contributed by atoms with Gasteiger partial charge in [-0.15, -0.1) is 0 Å². The highest BCUT2D eigenvalue weighted by Gasteiger charge is 2.12. The molecule has 150 valence electrons. The fraction of sp³-hybridized carbons (Fsp3) is 0.227. The molecule has 29 heavy (non-hydrogen) atoms. The van der Waals surface area contributed by atoms with Crippen LogP contribution in [0.4, 0.5) is 11.6 Å². The van der Waals surface area contributed by atoms with Crippen molar-refractivity contribution in [2.75, 3.05) is 24.4 Å². The van der Waals surface area contributed by atoms with Gasteiger partial charge in [0.2, 0.25) is 5.95 Å². The van der Waals surface area contributed by atoms with Gasteiger partial charge >= 0.3 is 0 Å². The lowest BCUT2D eigenvalue weighted by atomic mass is 10.2. The van der Waals surface area contributed by atoms with Crippen molar-refractivity contribution >= 4 is 17.5 Å². The second-order valence-electron chi connectivity index (χ2n) is 6.27. The molecule has 0 aliphatic heterocycles. The Hall–Kier alpha value is -3.61. The SMILES string of the molecule is CCOc1ccc(NC(=O)c2cnc(NCc3ccccc3OC)nc2C)cc1. The first-order chi connectivity index (χ1) is 14.1. The van der Waals surface area contributed by atoms with Gasteiger partial charge < -0.3 is 20.1 Å². The first kappa shape index (κ1) is 20.1. The second kappa shape index (κ2) is 9.54. The van der Waals surface area contributed by atoms with Crippen LogP contribution in [-0.2, 0) is 6.54 Å². The van der Waals surface area contributed by atoms with Gasteiger partial charge in [0.1, 0.15) is 11.5 Å². The number of hydrogen-bond acceptors (Lipinski definition) is 6. The van der Waals surface area contributed by atoms with Crippen molar-refractivity contribution in [1.82, 2.24) is 9.97 Å². The van der Waals surface area contributed by atoms with E-state index in [9.17, 15) is 4.79 Å². The third-order valence-corrected chi connectivity index (χ3v) is 4.28. The molecule has 0 atom stereocenters. The van der Waals surface area contributed by atoms with E-state index in [0.717, 1.165) is 17.1 Å². The van der Waals surface area contributed by atoms with Crippen LogP contribution in [0.2, 0.25) is 0 Å². The Morgan fingerprint density at radius 3 is 2.55 bits per heavy atom. The summed E-state index contributed by atoms with van der Waals surface area (Å²) in [5, 5.41) is 6.01. The summed E-state index contributed by atoms with van der Waals surface area (Å²) in [6.07, 6.45) is 1.52. The fourth-order valence-corrected chi connectivity index (χ4v) is 2.80. The lowest BCUT2D eigenvalue weighted by Gasteiger charge is -2.11. The number of aryl methyl sites for hydroxylation is 1. The van der Waals surface area contributed by atoms with Crippen LogP contribution in [0.3, 0.4) is 0 Å². The second-order valence-corrected chi connectivity index (χ2v) is 6.27. The lowest BCUT2D eigenvalue weighted by Crippen LogP contribution is -2.15. The maximum absolute atomic E-state index is 12.6. The maximum atomic E-state index is 12.6. The number of carbonyl (C=O) groups excluding carboxylic acids is 1. The van der Waals surface area contributed by atoms with E-state index >= 15 is 0 Å².